The fourth-order valence-electron chi connectivity index (χ4n) is 1.22. The Kier molecular flexibility index (Phi) is 3.31. The van der Waals surface area contributed by atoms with Crippen LogP contribution in [0.3, 0.4) is 0 Å². The van der Waals surface area contributed by atoms with E-state index in [0.717, 1.165) is 0 Å². The molecule has 3 N–H and O–H groups in total. The summed E-state index contributed by atoms with van der Waals surface area (Å²) in [7, 11) is 0. The van der Waals surface area contributed by atoms with Crippen molar-refractivity contribution in [3.63, 3.8) is 0 Å². The summed E-state index contributed by atoms with van der Waals surface area (Å²) in [4.78, 5) is 7.83. The molecule has 1 aromatic heterocycles. The highest BCUT2D eigenvalue weighted by molar-refractivity contribution is 6.35. The second-order valence-electron chi connectivity index (χ2n) is 3.21. The number of halogens is 3. The van der Waals surface area contributed by atoms with Crippen molar-refractivity contribution in [3.05, 3.63) is 40.4 Å². The van der Waals surface area contributed by atoms with Gasteiger partial charge in [-0.05, 0) is 12.1 Å². The van der Waals surface area contributed by atoms with Crippen LogP contribution < -0.4 is 11.1 Å². The third-order valence-electron chi connectivity index (χ3n) is 1.91. The highest BCUT2D eigenvalue weighted by Crippen LogP contribution is 2.28. The molecule has 0 atom stereocenters. The summed E-state index contributed by atoms with van der Waals surface area (Å²) in [5.74, 6) is 0.0376. The molecule has 17 heavy (non-hydrogen) atoms. The first-order valence-electron chi connectivity index (χ1n) is 4.55. The van der Waals surface area contributed by atoms with Gasteiger partial charge in [0.15, 0.2) is 11.6 Å². The predicted molar refractivity (Wildman–Crippen MR) is 66.1 cm³/mol. The summed E-state index contributed by atoms with van der Waals surface area (Å²) in [5, 5.41) is 2.72. The zero-order valence-corrected chi connectivity index (χ0v) is 9.93. The topological polar surface area (TPSA) is 63.8 Å². The van der Waals surface area contributed by atoms with Gasteiger partial charge in [0.05, 0.1) is 22.4 Å². The molecule has 0 aliphatic carbocycles. The Morgan fingerprint density at radius 1 is 1.18 bits per heavy atom. The lowest BCUT2D eigenvalue weighted by Crippen LogP contribution is -1.98. The molecule has 88 valence electrons. The van der Waals surface area contributed by atoms with E-state index in [1.165, 1.54) is 24.5 Å². The Bertz CT molecular complexity index is 539. The summed E-state index contributed by atoms with van der Waals surface area (Å²) >= 11 is 11.3. The van der Waals surface area contributed by atoms with Gasteiger partial charge < -0.3 is 11.1 Å². The average Bonchev–Trinajstić information content (AvgIpc) is 2.26. The Balaban J connectivity index is 2.31. The van der Waals surface area contributed by atoms with Crippen LogP contribution in [0.4, 0.5) is 21.7 Å². The van der Waals surface area contributed by atoms with Crippen molar-refractivity contribution in [3.8, 4) is 0 Å². The highest BCUT2D eigenvalue weighted by Gasteiger charge is 2.08. The minimum Gasteiger partial charge on any atom is -0.382 e. The number of nitrogens with one attached hydrogen (secondary N) is 1. The van der Waals surface area contributed by atoms with E-state index in [9.17, 15) is 4.39 Å². The molecular weight excluding hydrogens is 266 g/mol. The number of anilines is 3. The third kappa shape index (κ3) is 2.75. The number of hydrogen-bond acceptors (Lipinski definition) is 4. The molecule has 2 rings (SSSR count). The molecule has 0 saturated carbocycles. The zero-order valence-electron chi connectivity index (χ0n) is 8.42. The summed E-state index contributed by atoms with van der Waals surface area (Å²) in [5.41, 5.74) is 5.97. The van der Waals surface area contributed by atoms with Gasteiger partial charge in [0.1, 0.15) is 5.82 Å². The van der Waals surface area contributed by atoms with Crippen molar-refractivity contribution in [2.75, 3.05) is 11.1 Å². The minimum atomic E-state index is -0.655. The van der Waals surface area contributed by atoms with Gasteiger partial charge in [-0.25, -0.2) is 9.37 Å². The van der Waals surface area contributed by atoms with Crippen molar-refractivity contribution in [2.45, 2.75) is 0 Å². The maximum atomic E-state index is 13.2. The van der Waals surface area contributed by atoms with Gasteiger partial charge in [0.25, 0.3) is 0 Å². The maximum Gasteiger partial charge on any atom is 0.160 e. The van der Waals surface area contributed by atoms with E-state index in [1.54, 1.807) is 0 Å². The monoisotopic (exact) mass is 272 g/mol. The van der Waals surface area contributed by atoms with Gasteiger partial charge in [-0.1, -0.05) is 23.2 Å². The van der Waals surface area contributed by atoms with Crippen LogP contribution in [0.25, 0.3) is 0 Å². The summed E-state index contributed by atoms with van der Waals surface area (Å²) in [6.45, 7) is 0. The molecule has 0 amide bonds. The summed E-state index contributed by atoms with van der Waals surface area (Å²) in [6, 6.07) is 2.79. The summed E-state index contributed by atoms with van der Waals surface area (Å²) in [6.07, 6.45) is 2.89. The number of nitrogen functional groups attached to an aromatic ring is 1. The maximum absolute atomic E-state index is 13.2. The van der Waals surface area contributed by atoms with Gasteiger partial charge in [-0.2, -0.15) is 0 Å². The molecule has 0 bridgehead atoms. The van der Waals surface area contributed by atoms with Gasteiger partial charge >= 0.3 is 0 Å². The summed E-state index contributed by atoms with van der Waals surface area (Å²) < 4.78 is 13.2. The van der Waals surface area contributed by atoms with E-state index in [4.69, 9.17) is 28.9 Å². The normalized spacial score (nSPS) is 10.3. The molecule has 2 aromatic rings. The SMILES string of the molecule is Nc1cncc(Nc2cc(Cl)c(F)c(Cl)c2)n1. The van der Waals surface area contributed by atoms with E-state index in [0.29, 0.717) is 11.5 Å². The van der Waals surface area contributed by atoms with Crippen molar-refractivity contribution in [1.82, 2.24) is 9.97 Å². The molecule has 0 saturated heterocycles. The molecule has 0 unspecified atom stereocenters. The Morgan fingerprint density at radius 3 is 2.41 bits per heavy atom. The van der Waals surface area contributed by atoms with E-state index < -0.39 is 5.82 Å². The second kappa shape index (κ2) is 4.73. The standard InChI is InChI=1S/C10H7Cl2FN4/c11-6-1-5(2-7(12)10(6)13)16-9-4-15-3-8(14)17-9/h1-4H,(H3,14,16,17). The fourth-order valence-corrected chi connectivity index (χ4v) is 1.70. The van der Waals surface area contributed by atoms with E-state index >= 15 is 0 Å². The zero-order chi connectivity index (χ0) is 12.4. The number of nitrogens with zero attached hydrogens (tertiary/aromatic N) is 2. The molecule has 0 spiro atoms. The van der Waals surface area contributed by atoms with Crippen molar-refractivity contribution >= 4 is 40.5 Å². The highest BCUT2D eigenvalue weighted by atomic mass is 35.5. The van der Waals surface area contributed by atoms with Crippen molar-refractivity contribution in [1.29, 1.82) is 0 Å². The number of nitrogens with two attached hydrogens (primary N) is 1. The lowest BCUT2D eigenvalue weighted by molar-refractivity contribution is 0.629. The average molecular weight is 273 g/mol. The lowest BCUT2D eigenvalue weighted by Gasteiger charge is -2.07. The van der Waals surface area contributed by atoms with Crippen molar-refractivity contribution in [2.24, 2.45) is 0 Å². The first-order valence-corrected chi connectivity index (χ1v) is 5.31. The molecule has 0 fully saturated rings. The Morgan fingerprint density at radius 2 is 1.82 bits per heavy atom. The van der Waals surface area contributed by atoms with Crippen LogP contribution in [0.5, 0.6) is 0 Å². The largest absolute Gasteiger partial charge is 0.382 e. The van der Waals surface area contributed by atoms with Crippen LogP contribution in [0.15, 0.2) is 24.5 Å². The van der Waals surface area contributed by atoms with Crippen LogP contribution in [0.2, 0.25) is 10.0 Å². The fraction of sp³-hybridized carbons (Fsp3) is 0. The van der Waals surface area contributed by atoms with Crippen LogP contribution in [0, 0.1) is 5.82 Å². The molecule has 0 aliphatic heterocycles. The molecular formula is C10H7Cl2FN4. The smallest absolute Gasteiger partial charge is 0.160 e. The number of benzene rings is 1. The van der Waals surface area contributed by atoms with Gasteiger partial charge in [0, 0.05) is 5.69 Å². The van der Waals surface area contributed by atoms with E-state index in [2.05, 4.69) is 15.3 Å². The predicted octanol–water partition coefficient (Wildman–Crippen LogP) is 3.25. The number of hydrogen-bond donors (Lipinski definition) is 2. The molecule has 1 heterocycles. The number of rotatable bonds is 2. The van der Waals surface area contributed by atoms with Crippen LogP contribution in [0.1, 0.15) is 0 Å². The molecule has 4 nitrogen and oxygen atoms in total. The Labute approximate surface area is 107 Å². The van der Waals surface area contributed by atoms with Gasteiger partial charge in [-0.15, -0.1) is 0 Å². The minimum absolute atomic E-state index is 0.0723. The van der Waals surface area contributed by atoms with Crippen molar-refractivity contribution < 1.29 is 4.39 Å². The second-order valence-corrected chi connectivity index (χ2v) is 4.02. The first-order chi connectivity index (χ1) is 8.06. The molecule has 0 aliphatic rings. The van der Waals surface area contributed by atoms with E-state index in [1.807, 2.05) is 0 Å². The molecule has 1 aromatic carbocycles. The van der Waals surface area contributed by atoms with Crippen LogP contribution >= 0.6 is 23.2 Å². The van der Waals surface area contributed by atoms with Gasteiger partial charge in [-0.3, -0.25) is 4.98 Å². The van der Waals surface area contributed by atoms with Crippen LogP contribution in [-0.4, -0.2) is 9.97 Å². The molecule has 0 radical (unpaired) electrons. The first kappa shape index (κ1) is 11.9. The number of aromatic nitrogens is 2. The quantitative estimate of drug-likeness (QED) is 0.824. The van der Waals surface area contributed by atoms with Gasteiger partial charge in [0.2, 0.25) is 0 Å². The third-order valence-corrected chi connectivity index (χ3v) is 2.46. The van der Waals surface area contributed by atoms with Crippen LogP contribution in [-0.2, 0) is 0 Å². The molecule has 7 heteroatoms. The Hall–Kier alpha value is -1.59. The lowest BCUT2D eigenvalue weighted by atomic mass is 10.3. The van der Waals surface area contributed by atoms with E-state index in [-0.39, 0.29) is 15.9 Å².